The summed E-state index contributed by atoms with van der Waals surface area (Å²) in [4.78, 5) is 26.1. The topological polar surface area (TPSA) is 70.7 Å². The Labute approximate surface area is 144 Å². The minimum absolute atomic E-state index is 0.183. The average Bonchev–Trinajstić information content (AvgIpc) is 2.42. The van der Waals surface area contributed by atoms with Crippen LogP contribution in [0, 0.1) is 0 Å². The first-order chi connectivity index (χ1) is 10.9. The molecule has 1 aromatic carbocycles. The highest BCUT2D eigenvalue weighted by atomic mass is 16.6. The van der Waals surface area contributed by atoms with Crippen LogP contribution in [0.25, 0.3) is 0 Å². The zero-order valence-corrected chi connectivity index (χ0v) is 15.7. The van der Waals surface area contributed by atoms with E-state index in [4.69, 9.17) is 4.74 Å². The fourth-order valence-corrected chi connectivity index (χ4v) is 1.95. The van der Waals surface area contributed by atoms with Gasteiger partial charge in [0.15, 0.2) is 0 Å². The Kier molecular flexibility index (Phi) is 6.23. The molecule has 0 saturated heterocycles. The number of carbonyl (C=O) groups excluding carboxylic acids is 2. The predicted molar refractivity (Wildman–Crippen MR) is 96.6 cm³/mol. The number of benzene rings is 1. The first kappa shape index (κ1) is 19.8. The van der Waals surface area contributed by atoms with Crippen LogP contribution in [0.15, 0.2) is 24.3 Å². The Hall–Kier alpha value is -2.24. The molecule has 0 atom stereocenters. The van der Waals surface area contributed by atoms with Crippen molar-refractivity contribution >= 4 is 17.7 Å². The fraction of sp³-hybridized carbons (Fsp3) is 0.556. The van der Waals surface area contributed by atoms with Gasteiger partial charge in [-0.2, -0.15) is 0 Å². The molecule has 0 aliphatic carbocycles. The van der Waals surface area contributed by atoms with E-state index in [1.54, 1.807) is 26.8 Å². The summed E-state index contributed by atoms with van der Waals surface area (Å²) in [5.74, 6) is -0.183. The van der Waals surface area contributed by atoms with Crippen LogP contribution < -0.4 is 15.5 Å². The Morgan fingerprint density at radius 2 is 1.75 bits per heavy atom. The maximum atomic E-state index is 12.3. The summed E-state index contributed by atoms with van der Waals surface area (Å²) >= 11 is 0. The van der Waals surface area contributed by atoms with Crippen molar-refractivity contribution in [2.45, 2.75) is 45.8 Å². The highest BCUT2D eigenvalue weighted by molar-refractivity contribution is 5.95. The molecule has 0 aromatic heterocycles. The van der Waals surface area contributed by atoms with Crippen LogP contribution in [-0.2, 0) is 4.74 Å². The molecule has 0 unspecified atom stereocenters. The van der Waals surface area contributed by atoms with E-state index < -0.39 is 17.2 Å². The van der Waals surface area contributed by atoms with Crippen LogP contribution in [0.2, 0.25) is 0 Å². The smallest absolute Gasteiger partial charge is 0.408 e. The standard InChI is InChI=1S/C18H29N3O3/c1-17(2,3)24-16(23)20-18(4,5)12-19-15(22)13-9-8-10-14(11-13)21(6)7/h8-11H,12H2,1-7H3,(H,19,22)(H,20,23). The van der Waals surface area contributed by atoms with Crippen LogP contribution in [0.3, 0.4) is 0 Å². The number of rotatable bonds is 5. The van der Waals surface area contributed by atoms with Gasteiger partial charge in [-0.3, -0.25) is 4.79 Å². The number of amides is 2. The van der Waals surface area contributed by atoms with Crippen molar-refractivity contribution in [3.05, 3.63) is 29.8 Å². The molecule has 0 heterocycles. The highest BCUT2D eigenvalue weighted by Crippen LogP contribution is 2.14. The SMILES string of the molecule is CN(C)c1cccc(C(=O)NCC(C)(C)NC(=O)OC(C)(C)C)c1. The molecule has 6 nitrogen and oxygen atoms in total. The monoisotopic (exact) mass is 335 g/mol. The molecule has 0 bridgehead atoms. The highest BCUT2D eigenvalue weighted by Gasteiger charge is 2.25. The van der Waals surface area contributed by atoms with Gasteiger partial charge < -0.3 is 20.3 Å². The van der Waals surface area contributed by atoms with Gasteiger partial charge in [0.25, 0.3) is 5.91 Å². The molecule has 0 aliphatic rings. The molecule has 1 aromatic rings. The van der Waals surface area contributed by atoms with Gasteiger partial charge in [-0.05, 0) is 52.8 Å². The lowest BCUT2D eigenvalue weighted by Gasteiger charge is -2.28. The lowest BCUT2D eigenvalue weighted by atomic mass is 10.1. The summed E-state index contributed by atoms with van der Waals surface area (Å²) in [6.07, 6.45) is -0.503. The molecule has 0 saturated carbocycles. The van der Waals surface area contributed by atoms with E-state index >= 15 is 0 Å². The average molecular weight is 335 g/mol. The number of nitrogens with one attached hydrogen (secondary N) is 2. The van der Waals surface area contributed by atoms with Crippen molar-refractivity contribution in [3.8, 4) is 0 Å². The zero-order chi connectivity index (χ0) is 18.5. The summed E-state index contributed by atoms with van der Waals surface area (Å²) in [5, 5.41) is 5.61. The van der Waals surface area contributed by atoms with E-state index in [9.17, 15) is 9.59 Å². The Balaban J connectivity index is 2.62. The lowest BCUT2D eigenvalue weighted by Crippen LogP contribution is -2.52. The van der Waals surface area contributed by atoms with E-state index in [1.165, 1.54) is 0 Å². The minimum Gasteiger partial charge on any atom is -0.444 e. The van der Waals surface area contributed by atoms with Crippen molar-refractivity contribution in [2.75, 3.05) is 25.5 Å². The largest absolute Gasteiger partial charge is 0.444 e. The number of carbonyl (C=O) groups is 2. The summed E-state index contributed by atoms with van der Waals surface area (Å²) in [6, 6.07) is 7.36. The molecule has 6 heteroatoms. The Bertz CT molecular complexity index is 589. The summed E-state index contributed by atoms with van der Waals surface area (Å²) < 4.78 is 5.24. The summed E-state index contributed by atoms with van der Waals surface area (Å²) in [6.45, 7) is 9.36. The third-order valence-electron chi connectivity index (χ3n) is 3.15. The van der Waals surface area contributed by atoms with E-state index in [0.717, 1.165) is 5.69 Å². The third kappa shape index (κ3) is 6.89. The number of anilines is 1. The molecular weight excluding hydrogens is 306 g/mol. The van der Waals surface area contributed by atoms with Crippen LogP contribution >= 0.6 is 0 Å². The molecule has 0 aliphatic heterocycles. The van der Waals surface area contributed by atoms with Gasteiger partial charge in [0.05, 0.1) is 5.54 Å². The quantitative estimate of drug-likeness (QED) is 0.868. The van der Waals surface area contributed by atoms with Crippen molar-refractivity contribution in [3.63, 3.8) is 0 Å². The second-order valence-electron chi connectivity index (χ2n) is 7.64. The van der Waals surface area contributed by atoms with Crippen molar-refractivity contribution in [1.29, 1.82) is 0 Å². The lowest BCUT2D eigenvalue weighted by molar-refractivity contribution is 0.0469. The van der Waals surface area contributed by atoms with E-state index in [-0.39, 0.29) is 12.5 Å². The third-order valence-corrected chi connectivity index (χ3v) is 3.15. The van der Waals surface area contributed by atoms with Gasteiger partial charge in [0, 0.05) is 31.9 Å². The maximum absolute atomic E-state index is 12.3. The van der Waals surface area contributed by atoms with Gasteiger partial charge in [0.1, 0.15) is 5.60 Å². The van der Waals surface area contributed by atoms with Gasteiger partial charge in [-0.1, -0.05) is 6.07 Å². The first-order valence-corrected chi connectivity index (χ1v) is 7.96. The number of nitrogens with zero attached hydrogens (tertiary/aromatic N) is 1. The number of alkyl carbamates (subject to hydrolysis) is 1. The van der Waals surface area contributed by atoms with Crippen LogP contribution in [0.5, 0.6) is 0 Å². The van der Waals surface area contributed by atoms with E-state index in [2.05, 4.69) is 10.6 Å². The molecular formula is C18H29N3O3. The number of hydrogen-bond donors (Lipinski definition) is 2. The van der Waals surface area contributed by atoms with Crippen molar-refractivity contribution < 1.29 is 14.3 Å². The number of hydrogen-bond acceptors (Lipinski definition) is 4. The molecule has 2 amide bonds. The molecule has 0 spiro atoms. The van der Waals surface area contributed by atoms with Crippen LogP contribution in [0.1, 0.15) is 45.0 Å². The summed E-state index contributed by atoms with van der Waals surface area (Å²) in [7, 11) is 3.84. The fourth-order valence-electron chi connectivity index (χ4n) is 1.95. The van der Waals surface area contributed by atoms with Crippen molar-refractivity contribution in [1.82, 2.24) is 10.6 Å². The maximum Gasteiger partial charge on any atom is 0.408 e. The van der Waals surface area contributed by atoms with E-state index in [0.29, 0.717) is 5.56 Å². The Morgan fingerprint density at radius 3 is 2.29 bits per heavy atom. The second kappa shape index (κ2) is 7.55. The molecule has 0 radical (unpaired) electrons. The molecule has 134 valence electrons. The van der Waals surface area contributed by atoms with Gasteiger partial charge >= 0.3 is 6.09 Å². The predicted octanol–water partition coefficient (Wildman–Crippen LogP) is 2.79. The normalized spacial score (nSPS) is 11.6. The van der Waals surface area contributed by atoms with Crippen LogP contribution in [0.4, 0.5) is 10.5 Å². The van der Waals surface area contributed by atoms with Gasteiger partial charge in [-0.25, -0.2) is 4.79 Å². The van der Waals surface area contributed by atoms with Crippen LogP contribution in [-0.4, -0.2) is 43.8 Å². The Morgan fingerprint density at radius 1 is 1.12 bits per heavy atom. The molecule has 0 fully saturated rings. The number of ether oxygens (including phenoxy) is 1. The summed E-state index contributed by atoms with van der Waals surface area (Å²) in [5.41, 5.74) is 0.343. The molecule has 1 rings (SSSR count). The van der Waals surface area contributed by atoms with Gasteiger partial charge in [-0.15, -0.1) is 0 Å². The first-order valence-electron chi connectivity index (χ1n) is 7.96. The second-order valence-corrected chi connectivity index (χ2v) is 7.64. The van der Waals surface area contributed by atoms with Crippen molar-refractivity contribution in [2.24, 2.45) is 0 Å². The minimum atomic E-state index is -0.628. The van der Waals surface area contributed by atoms with E-state index in [1.807, 2.05) is 51.0 Å². The molecule has 2 N–H and O–H groups in total. The van der Waals surface area contributed by atoms with Gasteiger partial charge in [0.2, 0.25) is 0 Å². The zero-order valence-electron chi connectivity index (χ0n) is 15.7. The molecule has 24 heavy (non-hydrogen) atoms.